The van der Waals surface area contributed by atoms with Crippen LogP contribution in [0.3, 0.4) is 0 Å². The minimum Gasteiger partial charge on any atom is -0.452 e. The fourth-order valence-corrected chi connectivity index (χ4v) is 6.13. The van der Waals surface area contributed by atoms with Crippen molar-refractivity contribution in [1.82, 2.24) is 10.2 Å². The summed E-state index contributed by atoms with van der Waals surface area (Å²) in [4.78, 5) is 38.7. The molecule has 43 heavy (non-hydrogen) atoms. The number of esters is 1. The lowest BCUT2D eigenvalue weighted by atomic mass is 9.86. The van der Waals surface area contributed by atoms with Crippen LogP contribution >= 0.6 is 0 Å². The van der Waals surface area contributed by atoms with E-state index in [2.05, 4.69) is 5.32 Å². The van der Waals surface area contributed by atoms with Crippen LogP contribution in [0.15, 0.2) is 78.9 Å². The number of ether oxygens (including phenoxy) is 1. The number of piperidine rings is 1. The summed E-state index contributed by atoms with van der Waals surface area (Å²) >= 11 is 0. The molecule has 1 heterocycles. The van der Waals surface area contributed by atoms with Crippen LogP contribution in [0.1, 0.15) is 40.2 Å². The number of nitrogens with one attached hydrogen (secondary N) is 1. The molecular weight excluding hydrogens is 557 g/mol. The van der Waals surface area contributed by atoms with E-state index in [9.17, 15) is 27.6 Å². The third-order valence-corrected chi connectivity index (χ3v) is 8.45. The molecule has 1 aliphatic carbocycles. The second-order valence-corrected chi connectivity index (χ2v) is 11.4. The van der Waals surface area contributed by atoms with E-state index in [1.807, 2.05) is 42.5 Å². The first-order valence-electron chi connectivity index (χ1n) is 14.0. The van der Waals surface area contributed by atoms with Crippen molar-refractivity contribution in [3.63, 3.8) is 0 Å². The van der Waals surface area contributed by atoms with Gasteiger partial charge in [0.05, 0.1) is 11.1 Å². The van der Waals surface area contributed by atoms with Gasteiger partial charge in [-0.25, -0.2) is 4.79 Å². The number of amides is 2. The van der Waals surface area contributed by atoms with Crippen molar-refractivity contribution >= 4 is 28.6 Å². The first kappa shape index (κ1) is 28.5. The van der Waals surface area contributed by atoms with Gasteiger partial charge in [-0.2, -0.15) is 13.2 Å². The van der Waals surface area contributed by atoms with Gasteiger partial charge >= 0.3 is 12.1 Å². The Hall–Kier alpha value is -4.66. The van der Waals surface area contributed by atoms with Gasteiger partial charge in [0.1, 0.15) is 0 Å². The minimum atomic E-state index is -4.43. The molecule has 0 unspecified atom stereocenters. The van der Waals surface area contributed by atoms with Gasteiger partial charge in [-0.15, -0.1) is 0 Å². The lowest BCUT2D eigenvalue weighted by molar-refractivity contribution is -0.137. The summed E-state index contributed by atoms with van der Waals surface area (Å²) in [6, 6.07) is 22.1. The molecule has 0 aromatic heterocycles. The maximum absolute atomic E-state index is 13.1. The van der Waals surface area contributed by atoms with Gasteiger partial charge in [0, 0.05) is 26.1 Å². The van der Waals surface area contributed by atoms with Crippen molar-refractivity contribution < 1.29 is 32.3 Å². The SMILES string of the molecule is CN(C)C(=O)COC(=O)c1cc(-c2ccc([C@@H]3C[C@@H]4C[C@H]3C(=O)N4)cc2)c2ccc(-c3ccc(C(F)(F)F)cc3)cc2c1. The summed E-state index contributed by atoms with van der Waals surface area (Å²) in [5, 5.41) is 4.55. The first-order valence-corrected chi connectivity index (χ1v) is 14.0. The zero-order valence-corrected chi connectivity index (χ0v) is 23.6. The van der Waals surface area contributed by atoms with Crippen LogP contribution in [0.25, 0.3) is 33.0 Å². The predicted octanol–water partition coefficient (Wildman–Crippen LogP) is 6.43. The quantitative estimate of drug-likeness (QED) is 0.264. The number of rotatable bonds is 6. The van der Waals surface area contributed by atoms with Crippen molar-refractivity contribution in [2.45, 2.75) is 31.0 Å². The summed E-state index contributed by atoms with van der Waals surface area (Å²) in [6.07, 6.45) is -2.66. The van der Waals surface area contributed by atoms with Crippen molar-refractivity contribution in [2.24, 2.45) is 5.92 Å². The van der Waals surface area contributed by atoms with Crippen molar-refractivity contribution in [2.75, 3.05) is 20.7 Å². The highest BCUT2D eigenvalue weighted by atomic mass is 19.4. The summed E-state index contributed by atoms with van der Waals surface area (Å²) in [5.41, 5.74) is 3.50. The molecule has 6 nitrogen and oxygen atoms in total. The van der Waals surface area contributed by atoms with Crippen LogP contribution in [-0.2, 0) is 20.5 Å². The maximum atomic E-state index is 13.1. The second-order valence-electron chi connectivity index (χ2n) is 11.4. The molecule has 2 amide bonds. The molecular formula is C34H29F3N2O4. The second kappa shape index (κ2) is 10.9. The van der Waals surface area contributed by atoms with E-state index in [1.165, 1.54) is 17.0 Å². The minimum absolute atomic E-state index is 0.0109. The standard InChI is InChI=1S/C34H29F3N2O4/c1-39(2)31(40)18-43-33(42)24-14-23-13-22(19-7-10-25(11-8-19)34(35,36)37)9-12-27(23)28(15-24)20-3-5-21(6-4-20)29-16-26-17-30(29)32(41)38-26/h3-15,26,29-30H,16-18H2,1-2H3,(H,38,41)/t26-,29+,30-/m1/s1. The van der Waals surface area contributed by atoms with Crippen molar-refractivity contribution in [3.8, 4) is 22.3 Å². The monoisotopic (exact) mass is 586 g/mol. The number of fused-ring (bicyclic) bond motifs is 3. The maximum Gasteiger partial charge on any atom is 0.416 e. The zero-order valence-electron chi connectivity index (χ0n) is 23.6. The van der Waals surface area contributed by atoms with Crippen LogP contribution in [0.2, 0.25) is 0 Å². The first-order chi connectivity index (χ1) is 20.5. The van der Waals surface area contributed by atoms with Gasteiger partial charge in [-0.05, 0) is 87.7 Å². The zero-order chi connectivity index (χ0) is 30.5. The highest BCUT2D eigenvalue weighted by Crippen LogP contribution is 2.44. The Labute approximate surface area is 246 Å². The van der Waals surface area contributed by atoms with E-state index >= 15 is 0 Å². The molecule has 2 aliphatic rings. The Morgan fingerprint density at radius 1 is 0.860 bits per heavy atom. The van der Waals surface area contributed by atoms with E-state index in [1.54, 1.807) is 26.2 Å². The average molecular weight is 587 g/mol. The molecule has 6 rings (SSSR count). The highest BCUT2D eigenvalue weighted by Gasteiger charge is 2.45. The van der Waals surface area contributed by atoms with E-state index in [0.29, 0.717) is 16.5 Å². The highest BCUT2D eigenvalue weighted by molar-refractivity contribution is 6.04. The summed E-state index contributed by atoms with van der Waals surface area (Å²) < 4.78 is 44.6. The van der Waals surface area contributed by atoms with Crippen LogP contribution in [0, 0.1) is 5.92 Å². The number of carbonyl (C=O) groups excluding carboxylic acids is 3. The number of benzene rings is 4. The number of carbonyl (C=O) groups is 3. The Bertz CT molecular complexity index is 1730. The third-order valence-electron chi connectivity index (χ3n) is 8.45. The molecule has 0 radical (unpaired) electrons. The fraction of sp³-hybridized carbons (Fsp3) is 0.265. The molecule has 2 bridgehead atoms. The summed E-state index contributed by atoms with van der Waals surface area (Å²) in [5.74, 6) is -0.750. The molecule has 1 saturated heterocycles. The van der Waals surface area contributed by atoms with E-state index in [-0.39, 0.29) is 35.3 Å². The molecule has 1 aliphatic heterocycles. The largest absolute Gasteiger partial charge is 0.452 e. The number of hydrogen-bond donors (Lipinski definition) is 1. The molecule has 2 fully saturated rings. The number of alkyl halides is 3. The average Bonchev–Trinajstić information content (AvgIpc) is 3.58. The smallest absolute Gasteiger partial charge is 0.416 e. The topological polar surface area (TPSA) is 75.7 Å². The van der Waals surface area contributed by atoms with Gasteiger partial charge in [0.25, 0.3) is 5.91 Å². The Morgan fingerprint density at radius 2 is 1.51 bits per heavy atom. The van der Waals surface area contributed by atoms with E-state index in [0.717, 1.165) is 47.1 Å². The molecule has 4 aromatic carbocycles. The van der Waals surface area contributed by atoms with E-state index in [4.69, 9.17) is 4.74 Å². The predicted molar refractivity (Wildman–Crippen MR) is 156 cm³/mol. The van der Waals surface area contributed by atoms with Crippen molar-refractivity contribution in [3.05, 3.63) is 95.6 Å². The third kappa shape index (κ3) is 5.59. The Kier molecular flexibility index (Phi) is 7.20. The molecule has 3 atom stereocenters. The Balaban J connectivity index is 1.38. The van der Waals surface area contributed by atoms with Gasteiger partial charge in [-0.1, -0.05) is 48.5 Å². The number of likely N-dealkylation sites (N-methyl/N-ethyl adjacent to an activating group) is 1. The lowest BCUT2D eigenvalue weighted by Gasteiger charge is -2.22. The van der Waals surface area contributed by atoms with Crippen LogP contribution in [-0.4, -0.2) is 49.4 Å². The normalized spacial score (nSPS) is 19.4. The van der Waals surface area contributed by atoms with Crippen LogP contribution in [0.5, 0.6) is 0 Å². The number of halogens is 3. The van der Waals surface area contributed by atoms with Crippen molar-refractivity contribution in [1.29, 1.82) is 0 Å². The fourth-order valence-electron chi connectivity index (χ4n) is 6.13. The summed E-state index contributed by atoms with van der Waals surface area (Å²) in [7, 11) is 3.14. The van der Waals surface area contributed by atoms with Gasteiger partial charge in [0.15, 0.2) is 6.61 Å². The van der Waals surface area contributed by atoms with Gasteiger partial charge in [-0.3, -0.25) is 9.59 Å². The molecule has 1 N–H and O–H groups in total. The molecule has 0 spiro atoms. The Morgan fingerprint density at radius 3 is 2.14 bits per heavy atom. The molecule has 1 saturated carbocycles. The summed E-state index contributed by atoms with van der Waals surface area (Å²) in [6.45, 7) is -0.406. The molecule has 4 aromatic rings. The lowest BCUT2D eigenvalue weighted by Crippen LogP contribution is -2.34. The van der Waals surface area contributed by atoms with Crippen LogP contribution < -0.4 is 5.32 Å². The van der Waals surface area contributed by atoms with Gasteiger partial charge in [0.2, 0.25) is 5.91 Å². The van der Waals surface area contributed by atoms with Gasteiger partial charge < -0.3 is 15.0 Å². The number of nitrogens with zero attached hydrogens (tertiary/aromatic N) is 1. The number of hydrogen-bond acceptors (Lipinski definition) is 4. The molecule has 9 heteroatoms. The van der Waals surface area contributed by atoms with E-state index < -0.39 is 24.3 Å². The van der Waals surface area contributed by atoms with Crippen LogP contribution in [0.4, 0.5) is 13.2 Å². The molecule has 220 valence electrons.